The maximum absolute atomic E-state index is 6.02. The van der Waals surface area contributed by atoms with Crippen LogP contribution in [-0.2, 0) is 4.74 Å². The molecule has 0 aliphatic carbocycles. The van der Waals surface area contributed by atoms with Gasteiger partial charge in [0.2, 0.25) is 0 Å². The van der Waals surface area contributed by atoms with E-state index in [1.807, 2.05) is 0 Å². The molecule has 17 heavy (non-hydrogen) atoms. The number of hydrogen-bond acceptors (Lipinski definition) is 3. The van der Waals surface area contributed by atoms with Gasteiger partial charge in [0.1, 0.15) is 0 Å². The molecule has 3 nitrogen and oxygen atoms in total. The van der Waals surface area contributed by atoms with Crippen LogP contribution >= 0.6 is 0 Å². The Morgan fingerprint density at radius 1 is 1.35 bits per heavy atom. The average Bonchev–Trinajstić information content (AvgIpc) is 2.75. The maximum atomic E-state index is 6.02. The molecule has 3 heteroatoms. The van der Waals surface area contributed by atoms with E-state index in [0.717, 1.165) is 32.0 Å². The molecule has 0 saturated carbocycles. The predicted molar refractivity (Wildman–Crippen MR) is 73.1 cm³/mol. The van der Waals surface area contributed by atoms with Crippen molar-refractivity contribution < 1.29 is 4.74 Å². The van der Waals surface area contributed by atoms with Gasteiger partial charge in [0.05, 0.1) is 12.1 Å². The second-order valence-corrected chi connectivity index (χ2v) is 6.51. The van der Waals surface area contributed by atoms with E-state index in [0.29, 0.717) is 12.0 Å². The van der Waals surface area contributed by atoms with Gasteiger partial charge in [-0.3, -0.25) is 4.90 Å². The van der Waals surface area contributed by atoms with Crippen molar-refractivity contribution in [2.45, 2.75) is 46.1 Å². The Morgan fingerprint density at radius 2 is 2.00 bits per heavy atom. The number of hydrogen-bond donors (Lipinski definition) is 1. The van der Waals surface area contributed by atoms with Gasteiger partial charge in [0.25, 0.3) is 0 Å². The summed E-state index contributed by atoms with van der Waals surface area (Å²) in [4.78, 5) is 2.56. The highest BCUT2D eigenvalue weighted by atomic mass is 16.5. The van der Waals surface area contributed by atoms with Crippen LogP contribution in [0.4, 0.5) is 0 Å². The highest BCUT2D eigenvalue weighted by Gasteiger charge is 2.41. The molecule has 0 aromatic rings. The molecule has 1 rings (SSSR count). The van der Waals surface area contributed by atoms with Gasteiger partial charge in [-0.15, -0.1) is 0 Å². The Balaban J connectivity index is 2.73. The maximum Gasteiger partial charge on any atom is 0.0658 e. The minimum atomic E-state index is 0.0503. The molecule has 0 radical (unpaired) electrons. The first kappa shape index (κ1) is 14.9. The third-order valence-corrected chi connectivity index (χ3v) is 4.53. The fraction of sp³-hybridized carbons (Fsp3) is 1.00. The van der Waals surface area contributed by atoms with Crippen LogP contribution in [0.15, 0.2) is 0 Å². The standard InChI is InChI=1S/C14H30N2O/c1-6-14(10-15,11-17-5)16-8-7-12(9-16)13(2,3)4/h12H,6-11,15H2,1-5H3. The van der Waals surface area contributed by atoms with E-state index >= 15 is 0 Å². The predicted octanol–water partition coefficient (Wildman–Crippen LogP) is 2.11. The molecule has 0 aromatic carbocycles. The zero-order valence-corrected chi connectivity index (χ0v) is 12.3. The molecule has 1 aliphatic heterocycles. The van der Waals surface area contributed by atoms with Crippen LogP contribution in [0.3, 0.4) is 0 Å². The van der Waals surface area contributed by atoms with Crippen molar-refractivity contribution in [1.29, 1.82) is 0 Å². The molecule has 1 aliphatic rings. The van der Waals surface area contributed by atoms with E-state index in [1.165, 1.54) is 6.42 Å². The molecule has 0 spiro atoms. The van der Waals surface area contributed by atoms with Crippen LogP contribution in [0.5, 0.6) is 0 Å². The second-order valence-electron chi connectivity index (χ2n) is 6.51. The van der Waals surface area contributed by atoms with Crippen LogP contribution in [0.2, 0.25) is 0 Å². The molecule has 0 amide bonds. The second kappa shape index (κ2) is 5.68. The van der Waals surface area contributed by atoms with Gasteiger partial charge in [-0.2, -0.15) is 0 Å². The van der Waals surface area contributed by atoms with E-state index in [2.05, 4.69) is 32.6 Å². The smallest absolute Gasteiger partial charge is 0.0658 e. The third-order valence-electron chi connectivity index (χ3n) is 4.53. The molecule has 0 aromatic heterocycles. The number of likely N-dealkylation sites (tertiary alicyclic amines) is 1. The lowest BCUT2D eigenvalue weighted by atomic mass is 9.80. The highest BCUT2D eigenvalue weighted by Crippen LogP contribution is 2.37. The van der Waals surface area contributed by atoms with Crippen LogP contribution in [0, 0.1) is 11.3 Å². The Bertz CT molecular complexity index is 231. The SMILES string of the molecule is CCC(CN)(COC)N1CCC(C(C)(C)C)C1. The summed E-state index contributed by atoms with van der Waals surface area (Å²) in [7, 11) is 1.78. The molecule has 2 atom stereocenters. The van der Waals surface area contributed by atoms with Gasteiger partial charge in [-0.25, -0.2) is 0 Å². The van der Waals surface area contributed by atoms with Crippen molar-refractivity contribution in [2.75, 3.05) is 33.4 Å². The normalized spacial score (nSPS) is 26.1. The molecule has 102 valence electrons. The number of methoxy groups -OCH3 is 1. The lowest BCUT2D eigenvalue weighted by Crippen LogP contribution is -2.55. The minimum Gasteiger partial charge on any atom is -0.383 e. The molecule has 2 unspecified atom stereocenters. The summed E-state index contributed by atoms with van der Waals surface area (Å²) in [6, 6.07) is 0. The number of ether oxygens (including phenoxy) is 1. The number of nitrogens with two attached hydrogens (primary N) is 1. The van der Waals surface area contributed by atoms with Crippen LogP contribution in [0.1, 0.15) is 40.5 Å². The number of nitrogens with zero attached hydrogens (tertiary/aromatic N) is 1. The topological polar surface area (TPSA) is 38.5 Å². The van der Waals surface area contributed by atoms with Gasteiger partial charge in [-0.1, -0.05) is 27.7 Å². The summed E-state index contributed by atoms with van der Waals surface area (Å²) in [5, 5.41) is 0. The quantitative estimate of drug-likeness (QED) is 0.802. The first-order valence-electron chi connectivity index (χ1n) is 6.83. The number of rotatable bonds is 5. The van der Waals surface area contributed by atoms with E-state index in [1.54, 1.807) is 7.11 Å². The Morgan fingerprint density at radius 3 is 2.35 bits per heavy atom. The van der Waals surface area contributed by atoms with Gasteiger partial charge < -0.3 is 10.5 Å². The Labute approximate surface area is 107 Å². The summed E-state index contributed by atoms with van der Waals surface area (Å²) < 4.78 is 5.40. The average molecular weight is 242 g/mol. The lowest BCUT2D eigenvalue weighted by Gasteiger charge is -2.41. The summed E-state index contributed by atoms with van der Waals surface area (Å²) in [5.74, 6) is 0.775. The van der Waals surface area contributed by atoms with Gasteiger partial charge >= 0.3 is 0 Å². The van der Waals surface area contributed by atoms with Crippen molar-refractivity contribution in [3.63, 3.8) is 0 Å². The minimum absolute atomic E-state index is 0.0503. The molecular formula is C14H30N2O. The zero-order valence-electron chi connectivity index (χ0n) is 12.3. The summed E-state index contributed by atoms with van der Waals surface area (Å²) in [5.41, 5.74) is 6.47. The van der Waals surface area contributed by atoms with Gasteiger partial charge in [0.15, 0.2) is 0 Å². The zero-order chi connectivity index (χ0) is 13.1. The molecule has 2 N–H and O–H groups in total. The molecule has 1 heterocycles. The first-order chi connectivity index (χ1) is 7.89. The third kappa shape index (κ3) is 3.21. The summed E-state index contributed by atoms with van der Waals surface area (Å²) in [6.45, 7) is 13.0. The van der Waals surface area contributed by atoms with Crippen molar-refractivity contribution in [2.24, 2.45) is 17.1 Å². The fourth-order valence-electron chi connectivity index (χ4n) is 2.92. The van der Waals surface area contributed by atoms with Crippen molar-refractivity contribution in [3.8, 4) is 0 Å². The Hall–Kier alpha value is -0.120. The van der Waals surface area contributed by atoms with E-state index in [4.69, 9.17) is 10.5 Å². The highest BCUT2D eigenvalue weighted by molar-refractivity contribution is 4.96. The van der Waals surface area contributed by atoms with E-state index in [9.17, 15) is 0 Å². The van der Waals surface area contributed by atoms with E-state index in [-0.39, 0.29) is 5.54 Å². The van der Waals surface area contributed by atoms with Gasteiger partial charge in [-0.05, 0) is 30.7 Å². The van der Waals surface area contributed by atoms with Crippen molar-refractivity contribution in [3.05, 3.63) is 0 Å². The molecule has 1 saturated heterocycles. The van der Waals surface area contributed by atoms with Crippen LogP contribution < -0.4 is 5.73 Å². The summed E-state index contributed by atoms with van der Waals surface area (Å²) >= 11 is 0. The summed E-state index contributed by atoms with van der Waals surface area (Å²) in [6.07, 6.45) is 2.35. The molecular weight excluding hydrogens is 212 g/mol. The lowest BCUT2D eigenvalue weighted by molar-refractivity contribution is 0.0208. The van der Waals surface area contributed by atoms with E-state index < -0.39 is 0 Å². The Kier molecular flexibility index (Phi) is 4.99. The van der Waals surface area contributed by atoms with Crippen LogP contribution in [-0.4, -0.2) is 43.8 Å². The first-order valence-corrected chi connectivity index (χ1v) is 6.83. The van der Waals surface area contributed by atoms with Crippen molar-refractivity contribution in [1.82, 2.24) is 4.90 Å². The molecule has 0 bridgehead atoms. The monoisotopic (exact) mass is 242 g/mol. The molecule has 1 fully saturated rings. The van der Waals surface area contributed by atoms with Gasteiger partial charge in [0, 0.05) is 20.2 Å². The largest absolute Gasteiger partial charge is 0.383 e. The van der Waals surface area contributed by atoms with Crippen molar-refractivity contribution >= 4 is 0 Å². The van der Waals surface area contributed by atoms with Crippen LogP contribution in [0.25, 0.3) is 0 Å². The fourth-order valence-corrected chi connectivity index (χ4v) is 2.92.